The van der Waals surface area contributed by atoms with Gasteiger partial charge in [-0.1, -0.05) is 73.1 Å². The molecule has 3 amide bonds. The van der Waals surface area contributed by atoms with Gasteiger partial charge >= 0.3 is 0 Å². The van der Waals surface area contributed by atoms with E-state index in [1.807, 2.05) is 29.8 Å². The first kappa shape index (κ1) is 35.1. The van der Waals surface area contributed by atoms with Crippen molar-refractivity contribution in [2.75, 3.05) is 18.8 Å². The summed E-state index contributed by atoms with van der Waals surface area (Å²) in [5.74, 6) is -1.20. The predicted octanol–water partition coefficient (Wildman–Crippen LogP) is 4.23. The van der Waals surface area contributed by atoms with E-state index in [-0.39, 0.29) is 29.2 Å². The Morgan fingerprint density at radius 3 is 2.32 bits per heavy atom. The maximum Gasteiger partial charge on any atom is 0.264 e. The summed E-state index contributed by atoms with van der Waals surface area (Å²) in [4.78, 5) is 39.3. The van der Waals surface area contributed by atoms with Crippen molar-refractivity contribution in [3.63, 3.8) is 0 Å². The molecule has 0 aromatic heterocycles. The van der Waals surface area contributed by atoms with Crippen LogP contribution in [0.5, 0.6) is 0 Å². The number of carbonyl (C=O) groups excluding carboxylic acids is 3. The van der Waals surface area contributed by atoms with Crippen molar-refractivity contribution >= 4 is 52.0 Å². The summed E-state index contributed by atoms with van der Waals surface area (Å²) in [6, 6.07) is 20.7. The van der Waals surface area contributed by atoms with Crippen molar-refractivity contribution in [1.29, 1.82) is 0 Å². The van der Waals surface area contributed by atoms with Gasteiger partial charge in [0.2, 0.25) is 11.8 Å². The smallest absolute Gasteiger partial charge is 0.264 e. The number of thiol groups is 1. The van der Waals surface area contributed by atoms with Crippen LogP contribution in [0.15, 0.2) is 77.7 Å². The molecule has 0 aliphatic carbocycles. The molecule has 0 radical (unpaired) electrons. The van der Waals surface area contributed by atoms with Crippen molar-refractivity contribution in [3.8, 4) is 11.1 Å². The Morgan fingerprint density at radius 1 is 0.977 bits per heavy atom. The number of aliphatic hydroxyl groups is 1. The molecule has 236 valence electrons. The lowest BCUT2D eigenvalue weighted by Crippen LogP contribution is -2.40. The average molecular weight is 660 g/mol. The Hall–Kier alpha value is -3.38. The molecule has 3 aromatic carbocycles. The van der Waals surface area contributed by atoms with Gasteiger partial charge in [-0.3, -0.25) is 14.4 Å². The molecule has 12 heteroatoms. The largest absolute Gasteiger partial charge is 0.384 e. The SMILES string of the molecule is CCCC(=O)N(CCNC(=O)[C@@H](CS)Cc1cccc(Cl)c1)Cc1ccc(-c2ccccc2S(=O)(=O)NC(=O)[C@H](C)O)cc1. The van der Waals surface area contributed by atoms with Gasteiger partial charge in [0, 0.05) is 42.4 Å². The highest BCUT2D eigenvalue weighted by Gasteiger charge is 2.24. The third kappa shape index (κ3) is 10.1. The zero-order valence-electron chi connectivity index (χ0n) is 24.7. The van der Waals surface area contributed by atoms with Crippen LogP contribution in [0.1, 0.15) is 37.8 Å². The molecule has 2 atom stereocenters. The topological polar surface area (TPSA) is 133 Å². The predicted molar refractivity (Wildman–Crippen MR) is 175 cm³/mol. The number of nitrogens with zero attached hydrogens (tertiary/aromatic N) is 1. The highest BCUT2D eigenvalue weighted by atomic mass is 35.5. The van der Waals surface area contributed by atoms with E-state index < -0.39 is 22.0 Å². The van der Waals surface area contributed by atoms with E-state index in [9.17, 15) is 27.9 Å². The summed E-state index contributed by atoms with van der Waals surface area (Å²) >= 11 is 10.4. The van der Waals surface area contributed by atoms with Crippen molar-refractivity contribution < 1.29 is 27.9 Å². The number of amides is 3. The molecule has 0 heterocycles. The van der Waals surface area contributed by atoms with Crippen molar-refractivity contribution in [3.05, 3.63) is 88.9 Å². The lowest BCUT2D eigenvalue weighted by atomic mass is 10.0. The van der Waals surface area contributed by atoms with Crippen molar-refractivity contribution in [2.45, 2.75) is 50.7 Å². The zero-order chi connectivity index (χ0) is 32.3. The van der Waals surface area contributed by atoms with Gasteiger partial charge in [-0.05, 0) is 54.7 Å². The Balaban J connectivity index is 1.69. The number of carbonyl (C=O) groups is 3. The molecule has 0 spiro atoms. The fraction of sp³-hybridized carbons (Fsp3) is 0.344. The fourth-order valence-electron chi connectivity index (χ4n) is 4.53. The molecule has 0 aliphatic rings. The summed E-state index contributed by atoms with van der Waals surface area (Å²) in [7, 11) is -4.23. The van der Waals surface area contributed by atoms with E-state index in [0.717, 1.165) is 11.1 Å². The van der Waals surface area contributed by atoms with Crippen LogP contribution in [0.25, 0.3) is 11.1 Å². The quantitative estimate of drug-likeness (QED) is 0.181. The van der Waals surface area contributed by atoms with Crippen molar-refractivity contribution in [1.82, 2.24) is 14.9 Å². The Labute approximate surface area is 269 Å². The van der Waals surface area contributed by atoms with Gasteiger partial charge in [-0.15, -0.1) is 0 Å². The second-order valence-electron chi connectivity index (χ2n) is 10.4. The molecule has 44 heavy (non-hydrogen) atoms. The van der Waals surface area contributed by atoms with Crippen LogP contribution in [0, 0.1) is 5.92 Å². The molecule has 0 aliphatic heterocycles. The minimum absolute atomic E-state index is 0.0409. The van der Waals surface area contributed by atoms with Crippen LogP contribution in [0.4, 0.5) is 0 Å². The van der Waals surface area contributed by atoms with Crippen LogP contribution >= 0.6 is 24.2 Å². The standard InChI is InChI=1S/C32H38ClN3O6S2/c1-3-7-30(38)36(17-16-34-32(40)26(21-43)18-24-8-6-9-27(33)19-24)20-23-12-14-25(15-13-23)28-10-4-5-11-29(28)44(41,42)35-31(39)22(2)37/h4-6,8-15,19,22,26,37,43H,3,7,16-18,20-21H2,1-2H3,(H,34,40)(H,35,39)/t22-,26+/m0/s1. The monoisotopic (exact) mass is 659 g/mol. The highest BCUT2D eigenvalue weighted by Crippen LogP contribution is 2.28. The van der Waals surface area contributed by atoms with E-state index in [0.29, 0.717) is 54.3 Å². The van der Waals surface area contributed by atoms with Gasteiger partial charge < -0.3 is 15.3 Å². The van der Waals surface area contributed by atoms with Gasteiger partial charge in [0.1, 0.15) is 6.10 Å². The number of nitrogens with one attached hydrogen (secondary N) is 2. The van der Waals surface area contributed by atoms with Crippen LogP contribution in [0.2, 0.25) is 5.02 Å². The maximum atomic E-state index is 12.9. The normalized spacial score (nSPS) is 12.7. The summed E-state index contributed by atoms with van der Waals surface area (Å²) < 4.78 is 27.7. The van der Waals surface area contributed by atoms with Gasteiger partial charge in [0.05, 0.1) is 10.8 Å². The molecular formula is C32H38ClN3O6S2. The molecule has 9 nitrogen and oxygen atoms in total. The van der Waals surface area contributed by atoms with Crippen molar-refractivity contribution in [2.24, 2.45) is 5.92 Å². The summed E-state index contributed by atoms with van der Waals surface area (Å²) in [5.41, 5.74) is 2.74. The van der Waals surface area contributed by atoms with Gasteiger partial charge in [0.15, 0.2) is 0 Å². The minimum Gasteiger partial charge on any atom is -0.384 e. The van der Waals surface area contributed by atoms with E-state index in [1.54, 1.807) is 53.4 Å². The Bertz CT molecular complexity index is 1550. The fourth-order valence-corrected chi connectivity index (χ4v) is 6.32. The molecule has 0 fully saturated rings. The molecule has 0 saturated carbocycles. The van der Waals surface area contributed by atoms with E-state index in [4.69, 9.17) is 11.6 Å². The highest BCUT2D eigenvalue weighted by molar-refractivity contribution is 7.90. The lowest BCUT2D eigenvalue weighted by molar-refractivity contribution is -0.132. The number of hydrogen-bond donors (Lipinski definition) is 4. The second-order valence-corrected chi connectivity index (χ2v) is 12.9. The van der Waals surface area contributed by atoms with E-state index in [2.05, 4.69) is 17.9 Å². The Kier molecular flexibility index (Phi) is 13.3. The zero-order valence-corrected chi connectivity index (χ0v) is 27.2. The molecular weight excluding hydrogens is 622 g/mol. The molecule has 0 unspecified atom stereocenters. The molecule has 0 bridgehead atoms. The molecule has 3 rings (SSSR count). The van der Waals surface area contributed by atoms with Crippen LogP contribution in [0.3, 0.4) is 0 Å². The second kappa shape index (κ2) is 16.6. The number of benzene rings is 3. The van der Waals surface area contributed by atoms with Crippen LogP contribution < -0.4 is 10.0 Å². The number of sulfonamides is 1. The van der Waals surface area contributed by atoms with Gasteiger partial charge in [0.25, 0.3) is 15.9 Å². The number of aliphatic hydroxyl groups excluding tert-OH is 1. The first-order valence-electron chi connectivity index (χ1n) is 14.3. The third-order valence-electron chi connectivity index (χ3n) is 6.89. The van der Waals surface area contributed by atoms with Gasteiger partial charge in [-0.25, -0.2) is 13.1 Å². The minimum atomic E-state index is -4.23. The Morgan fingerprint density at radius 2 is 1.68 bits per heavy atom. The number of hydrogen-bond acceptors (Lipinski definition) is 7. The van der Waals surface area contributed by atoms with E-state index in [1.165, 1.54) is 13.0 Å². The van der Waals surface area contributed by atoms with E-state index >= 15 is 0 Å². The number of rotatable bonds is 15. The average Bonchev–Trinajstić information content (AvgIpc) is 2.99. The van der Waals surface area contributed by atoms with Gasteiger partial charge in [-0.2, -0.15) is 12.6 Å². The van der Waals surface area contributed by atoms with Crippen LogP contribution in [-0.2, 0) is 37.4 Å². The number of halogens is 1. The first-order chi connectivity index (χ1) is 20.9. The summed E-state index contributed by atoms with van der Waals surface area (Å²) in [6.45, 7) is 3.99. The lowest BCUT2D eigenvalue weighted by Gasteiger charge is -2.24. The maximum absolute atomic E-state index is 12.9. The third-order valence-corrected chi connectivity index (χ3v) is 8.97. The molecule has 3 N–H and O–H groups in total. The molecule has 0 saturated heterocycles. The van der Waals surface area contributed by atoms with Crippen LogP contribution in [-0.4, -0.2) is 61.1 Å². The summed E-state index contributed by atoms with van der Waals surface area (Å²) in [5, 5.41) is 13.0. The first-order valence-corrected chi connectivity index (χ1v) is 16.8. The molecule has 3 aromatic rings. The summed E-state index contributed by atoms with van der Waals surface area (Å²) in [6.07, 6.45) is 0.0571.